The molecule has 0 spiro atoms. The van der Waals surface area contributed by atoms with Crippen molar-refractivity contribution in [2.45, 2.75) is 76.0 Å². The van der Waals surface area contributed by atoms with E-state index >= 15 is 0 Å². The van der Waals surface area contributed by atoms with E-state index in [4.69, 9.17) is 4.74 Å². The first-order valence-corrected chi connectivity index (χ1v) is 11.9. The number of rotatable bonds is 13. The number of unbranched alkanes of at least 4 members (excludes halogenated alkanes) is 8. The van der Waals surface area contributed by atoms with Crippen molar-refractivity contribution in [3.05, 3.63) is 48.0 Å². The fourth-order valence-electron chi connectivity index (χ4n) is 3.32. The minimum absolute atomic E-state index is 0. The zero-order valence-electron chi connectivity index (χ0n) is 18.1. The van der Waals surface area contributed by atoms with Gasteiger partial charge in [0.15, 0.2) is 0 Å². The topological polar surface area (TPSA) is 86.7 Å². The number of benzene rings is 2. The summed E-state index contributed by atoms with van der Waals surface area (Å²) in [6.45, 7) is 2.24. The van der Waals surface area contributed by atoms with Crippen molar-refractivity contribution in [2.24, 2.45) is 0 Å². The summed E-state index contributed by atoms with van der Waals surface area (Å²) >= 11 is 0. The van der Waals surface area contributed by atoms with E-state index in [1.54, 1.807) is 12.1 Å². The molecule has 0 aliphatic carbocycles. The predicted molar refractivity (Wildman–Crippen MR) is 113 cm³/mol. The van der Waals surface area contributed by atoms with E-state index in [0.717, 1.165) is 18.9 Å². The summed E-state index contributed by atoms with van der Waals surface area (Å²) in [7, 11) is -4.66. The van der Waals surface area contributed by atoms with Crippen molar-refractivity contribution in [3.8, 4) is 17.2 Å². The summed E-state index contributed by atoms with van der Waals surface area (Å²) in [6, 6.07) is 11.2. The Morgan fingerprint density at radius 1 is 0.867 bits per heavy atom. The number of hydrogen-bond acceptors (Lipinski definition) is 4. The number of hydrogen-bond donors (Lipinski definition) is 1. The molecule has 7 heteroatoms. The Balaban J connectivity index is 0.00000450. The van der Waals surface area contributed by atoms with Gasteiger partial charge in [-0.15, -0.1) is 0 Å². The molecule has 0 saturated carbocycles. The molecule has 0 amide bonds. The molecule has 0 aliphatic rings. The van der Waals surface area contributed by atoms with Gasteiger partial charge in [-0.3, -0.25) is 4.55 Å². The first-order chi connectivity index (χ1) is 13.9. The molecule has 0 aromatic heterocycles. The molecule has 0 heterocycles. The van der Waals surface area contributed by atoms with Crippen LogP contribution in [0.4, 0.5) is 0 Å². The molecule has 0 aliphatic heterocycles. The first kappa shape index (κ1) is 27.0. The van der Waals surface area contributed by atoms with Crippen molar-refractivity contribution in [1.82, 2.24) is 0 Å². The Bertz CT molecular complexity index is 850. The van der Waals surface area contributed by atoms with Crippen molar-refractivity contribution in [1.29, 1.82) is 0 Å². The normalized spacial score (nSPS) is 11.1. The van der Waals surface area contributed by atoms with Crippen molar-refractivity contribution in [3.63, 3.8) is 0 Å². The van der Waals surface area contributed by atoms with E-state index < -0.39 is 20.8 Å². The van der Waals surface area contributed by atoms with Gasteiger partial charge in [0.25, 0.3) is 10.1 Å². The average molecular weight is 443 g/mol. The molecular weight excluding hydrogens is 411 g/mol. The van der Waals surface area contributed by atoms with E-state index in [1.165, 1.54) is 69.1 Å². The Kier molecular flexibility index (Phi) is 12.7. The second-order valence-corrected chi connectivity index (χ2v) is 8.74. The minimum Gasteiger partial charge on any atom is -0.871 e. The van der Waals surface area contributed by atoms with Crippen LogP contribution in [0.25, 0.3) is 0 Å². The molecule has 5 nitrogen and oxygen atoms in total. The Hall–Kier alpha value is -1.05. The Morgan fingerprint density at radius 2 is 1.43 bits per heavy atom. The first-order valence-electron chi connectivity index (χ1n) is 10.5. The SMILES string of the molecule is CCCCCCCCCCCc1ccc(Oc2cccc([O-])c2S(=O)(=O)O)cc1.[Na+]. The zero-order valence-corrected chi connectivity index (χ0v) is 20.9. The van der Waals surface area contributed by atoms with Gasteiger partial charge in [-0.1, -0.05) is 88.3 Å². The van der Waals surface area contributed by atoms with E-state index in [9.17, 15) is 18.1 Å². The van der Waals surface area contributed by atoms with Gasteiger partial charge in [-0.05, 0) is 36.6 Å². The van der Waals surface area contributed by atoms with E-state index in [1.807, 2.05) is 12.1 Å². The average Bonchev–Trinajstić information content (AvgIpc) is 2.67. The van der Waals surface area contributed by atoms with Gasteiger partial charge < -0.3 is 9.84 Å². The second kappa shape index (κ2) is 14.1. The number of aryl methyl sites for hydroxylation is 1. The van der Waals surface area contributed by atoms with Crippen LogP contribution < -0.4 is 39.4 Å². The maximum absolute atomic E-state index is 11.8. The fraction of sp³-hybridized carbons (Fsp3) is 0.478. The van der Waals surface area contributed by atoms with Crippen molar-refractivity contribution in [2.75, 3.05) is 0 Å². The van der Waals surface area contributed by atoms with Crippen LogP contribution in [0.3, 0.4) is 0 Å². The van der Waals surface area contributed by atoms with Crippen LogP contribution in [0, 0.1) is 0 Å². The molecule has 0 bridgehead atoms. The largest absolute Gasteiger partial charge is 1.00 e. The maximum atomic E-state index is 11.8. The molecule has 1 N–H and O–H groups in total. The van der Waals surface area contributed by atoms with Crippen LogP contribution in [0.1, 0.15) is 70.3 Å². The van der Waals surface area contributed by atoms with Gasteiger partial charge in [-0.25, -0.2) is 0 Å². The molecule has 0 atom stereocenters. The van der Waals surface area contributed by atoms with Gasteiger partial charge in [0.05, 0.1) is 0 Å². The fourth-order valence-corrected chi connectivity index (χ4v) is 4.01. The zero-order chi connectivity index (χ0) is 21.1. The van der Waals surface area contributed by atoms with Crippen molar-refractivity contribution >= 4 is 10.1 Å². The molecule has 2 rings (SSSR count). The molecule has 2 aromatic rings. The molecule has 0 saturated heterocycles. The minimum atomic E-state index is -4.66. The maximum Gasteiger partial charge on any atom is 1.00 e. The predicted octanol–water partition coefficient (Wildman–Crippen LogP) is 2.88. The standard InChI is InChI=1S/C23H32O5S.Na/c1-2-3-4-5-6-7-8-9-10-12-19-15-17-20(18-16-19)28-22-14-11-13-21(24)23(22)29(25,26)27;/h11,13-18,24H,2-10,12H2,1H3,(H,25,26,27);/q;+1/p-1. The smallest absolute Gasteiger partial charge is 0.871 e. The second-order valence-electron chi connectivity index (χ2n) is 7.38. The third kappa shape index (κ3) is 9.40. The summed E-state index contributed by atoms with van der Waals surface area (Å²) in [5.41, 5.74) is 1.19. The summed E-state index contributed by atoms with van der Waals surface area (Å²) in [6.07, 6.45) is 12.6. The van der Waals surface area contributed by atoms with Gasteiger partial charge in [-0.2, -0.15) is 8.42 Å². The Labute approximate surface area is 202 Å². The molecule has 2 aromatic carbocycles. The van der Waals surface area contributed by atoms with Crippen LogP contribution in [0.15, 0.2) is 47.4 Å². The quantitative estimate of drug-likeness (QED) is 0.293. The van der Waals surface area contributed by atoms with E-state index in [-0.39, 0.29) is 35.3 Å². The van der Waals surface area contributed by atoms with Gasteiger partial charge in [0.2, 0.25) is 0 Å². The van der Waals surface area contributed by atoms with Crippen LogP contribution in [0.5, 0.6) is 17.2 Å². The van der Waals surface area contributed by atoms with Crippen LogP contribution >= 0.6 is 0 Å². The van der Waals surface area contributed by atoms with Gasteiger partial charge in [0, 0.05) is 0 Å². The number of ether oxygens (including phenoxy) is 1. The molecule has 0 radical (unpaired) electrons. The summed E-state index contributed by atoms with van der Waals surface area (Å²) in [5, 5.41) is 11.8. The van der Waals surface area contributed by atoms with Crippen LogP contribution in [0.2, 0.25) is 0 Å². The van der Waals surface area contributed by atoms with E-state index in [0.29, 0.717) is 5.75 Å². The van der Waals surface area contributed by atoms with Gasteiger partial charge >= 0.3 is 29.6 Å². The van der Waals surface area contributed by atoms with Crippen molar-refractivity contribution < 1.29 is 52.4 Å². The molecular formula is C23H31NaO5S. The molecule has 0 unspecified atom stereocenters. The van der Waals surface area contributed by atoms with Gasteiger partial charge in [0.1, 0.15) is 16.4 Å². The summed E-state index contributed by atoms with van der Waals surface area (Å²) in [5.74, 6) is -0.560. The van der Waals surface area contributed by atoms with E-state index in [2.05, 4.69) is 6.92 Å². The Morgan fingerprint density at radius 3 is 2.00 bits per heavy atom. The van der Waals surface area contributed by atoms with Crippen LogP contribution in [-0.2, 0) is 16.5 Å². The summed E-state index contributed by atoms with van der Waals surface area (Å²) in [4.78, 5) is -0.737. The summed E-state index contributed by atoms with van der Waals surface area (Å²) < 4.78 is 37.7. The molecule has 0 fully saturated rings. The third-order valence-corrected chi connectivity index (χ3v) is 5.84. The van der Waals surface area contributed by atoms with Crippen LogP contribution in [-0.4, -0.2) is 13.0 Å². The molecule has 30 heavy (non-hydrogen) atoms. The third-order valence-electron chi connectivity index (χ3n) is 4.92. The monoisotopic (exact) mass is 442 g/mol. The molecule has 160 valence electrons.